The van der Waals surface area contributed by atoms with Crippen molar-refractivity contribution in [2.75, 3.05) is 0 Å². The molecule has 13 aromatic rings. The van der Waals surface area contributed by atoms with Crippen LogP contribution in [0.5, 0.6) is 0 Å². The summed E-state index contributed by atoms with van der Waals surface area (Å²) >= 11 is 1.64. The van der Waals surface area contributed by atoms with Gasteiger partial charge in [-0.2, -0.15) is 11.3 Å². The van der Waals surface area contributed by atoms with E-state index >= 15 is 0 Å². The van der Waals surface area contributed by atoms with E-state index in [1.807, 2.05) is 24.3 Å². The molecular formula is C71H62IrN4S-2. The van der Waals surface area contributed by atoms with Crippen LogP contribution in [0.1, 0.15) is 111 Å². The molecule has 0 aliphatic carbocycles. The number of fused-ring (bicyclic) bond motifs is 8. The Hall–Kier alpha value is -7.47. The largest absolute Gasteiger partial charge is 0.333 e. The molecule has 0 fully saturated rings. The molecule has 0 atom stereocenters. The third-order valence-corrected chi connectivity index (χ3v) is 16.2. The van der Waals surface area contributed by atoms with Gasteiger partial charge < -0.3 is 9.13 Å². The first kappa shape index (κ1) is 47.9. The number of imidazole rings is 2. The van der Waals surface area contributed by atoms with Gasteiger partial charge in [-0.15, -0.1) is 53.6 Å². The Morgan fingerprint density at radius 2 is 1.05 bits per heavy atom. The Bertz CT molecular complexity index is 4380. The van der Waals surface area contributed by atoms with Crippen molar-refractivity contribution in [3.8, 4) is 45.3 Å². The number of thiophene rings is 1. The van der Waals surface area contributed by atoms with Crippen LogP contribution < -0.4 is 0 Å². The van der Waals surface area contributed by atoms with Crippen LogP contribution in [0.15, 0.2) is 188 Å². The van der Waals surface area contributed by atoms with Crippen molar-refractivity contribution in [2.45, 2.75) is 85.9 Å². The fraction of sp³-hybridized carbons (Fsp3) is 0.183. The van der Waals surface area contributed by atoms with Gasteiger partial charge in [0.25, 0.3) is 0 Å². The van der Waals surface area contributed by atoms with Crippen molar-refractivity contribution < 1.29 is 24.2 Å². The minimum atomic E-state index is -2.32. The van der Waals surface area contributed by atoms with Crippen LogP contribution in [0.2, 0.25) is 0 Å². The Balaban J connectivity index is 0.000000203. The predicted octanol–water partition coefficient (Wildman–Crippen LogP) is 20.1. The van der Waals surface area contributed by atoms with Crippen molar-refractivity contribution in [1.82, 2.24) is 19.1 Å². The summed E-state index contributed by atoms with van der Waals surface area (Å²) in [5.74, 6) is 3.00. The van der Waals surface area contributed by atoms with Crippen LogP contribution in [-0.2, 0) is 20.1 Å². The van der Waals surface area contributed by atoms with Crippen molar-refractivity contribution in [3.63, 3.8) is 0 Å². The van der Waals surface area contributed by atoms with Gasteiger partial charge in [0.2, 0.25) is 0 Å². The second kappa shape index (κ2) is 21.2. The molecule has 0 saturated carbocycles. The maximum Gasteiger partial charge on any atom is 0.0774 e. The van der Waals surface area contributed by atoms with Crippen LogP contribution in [0.4, 0.5) is 0 Å². The summed E-state index contributed by atoms with van der Waals surface area (Å²) in [6, 6.07) is 72.4. The Morgan fingerprint density at radius 1 is 0.481 bits per heavy atom. The molecule has 3 heterocycles. The smallest absolute Gasteiger partial charge is 0.0774 e. The summed E-state index contributed by atoms with van der Waals surface area (Å²) in [7, 11) is 0. The Morgan fingerprint density at radius 3 is 1.69 bits per heavy atom. The molecule has 77 heavy (non-hydrogen) atoms. The first-order chi connectivity index (χ1) is 38.2. The van der Waals surface area contributed by atoms with Crippen LogP contribution in [-0.4, -0.2) is 19.1 Å². The summed E-state index contributed by atoms with van der Waals surface area (Å²) in [6.07, 6.45) is 0. The number of hydrogen-bond donors (Lipinski definition) is 0. The third-order valence-electron chi connectivity index (χ3n) is 15.0. The van der Waals surface area contributed by atoms with Gasteiger partial charge >= 0.3 is 0 Å². The quantitative estimate of drug-likeness (QED) is 0.107. The van der Waals surface area contributed by atoms with E-state index in [0.717, 1.165) is 81.5 Å². The number of para-hydroxylation sites is 5. The normalized spacial score (nSPS) is 12.5. The van der Waals surface area contributed by atoms with Crippen molar-refractivity contribution in [2.24, 2.45) is 0 Å². The minimum absolute atomic E-state index is 0. The van der Waals surface area contributed by atoms with Gasteiger partial charge in [0, 0.05) is 40.3 Å². The van der Waals surface area contributed by atoms with E-state index in [1.165, 1.54) is 49.8 Å². The van der Waals surface area contributed by atoms with E-state index < -0.39 is 6.85 Å². The summed E-state index contributed by atoms with van der Waals surface area (Å²) in [6.45, 7) is 15.7. The fourth-order valence-electron chi connectivity index (χ4n) is 11.3. The molecule has 0 unspecified atom stereocenters. The first-order valence-electron chi connectivity index (χ1n) is 28.2. The molecule has 10 aromatic carbocycles. The van der Waals surface area contributed by atoms with E-state index in [4.69, 9.17) is 14.1 Å². The molecule has 1 radical (unpaired) electrons. The maximum absolute atomic E-state index is 8.62. The molecule has 0 saturated heterocycles. The van der Waals surface area contributed by atoms with Crippen LogP contribution in [0.3, 0.4) is 0 Å². The van der Waals surface area contributed by atoms with Crippen LogP contribution >= 0.6 is 11.3 Å². The second-order valence-corrected chi connectivity index (χ2v) is 22.4. The van der Waals surface area contributed by atoms with E-state index in [1.54, 1.807) is 17.4 Å². The SMILES string of the molecule is CC(C)c1cccc(C(C)C)c1-n1c(-c2[c-]cccc2)nc2ccccc21.[2H]C([2H])([2H])c1c[c-]c(-c2nc3ccccc3n2-c2c(C(C)C)cc(-c3ccccc3)cc2C(C)C)c2sc3cc4c(ccc5ccccc54)cc3c12.[Ir]. The molecule has 4 nitrogen and oxygen atoms in total. The number of aryl methyl sites for hydroxylation is 1. The van der Waals surface area contributed by atoms with Gasteiger partial charge in [0.1, 0.15) is 0 Å². The molecule has 6 heteroatoms. The van der Waals surface area contributed by atoms with Gasteiger partial charge in [-0.25, -0.2) is 0 Å². The predicted molar refractivity (Wildman–Crippen MR) is 325 cm³/mol. The summed E-state index contributed by atoms with van der Waals surface area (Å²) in [4.78, 5) is 10.3. The zero-order valence-electron chi connectivity index (χ0n) is 47.7. The second-order valence-electron chi connectivity index (χ2n) is 21.3. The zero-order chi connectivity index (χ0) is 54.9. The zero-order valence-corrected chi connectivity index (χ0v) is 47.9. The number of rotatable bonds is 9. The van der Waals surface area contributed by atoms with E-state index in [-0.39, 0.29) is 31.9 Å². The van der Waals surface area contributed by atoms with Gasteiger partial charge in [-0.05, 0) is 137 Å². The molecule has 0 bridgehead atoms. The van der Waals surface area contributed by atoms with E-state index in [9.17, 15) is 0 Å². The first-order valence-corrected chi connectivity index (χ1v) is 27.5. The molecule has 0 aliphatic heterocycles. The van der Waals surface area contributed by atoms with Gasteiger partial charge in [-0.1, -0.05) is 182 Å². The molecular weight excluding hydrogens is 1130 g/mol. The summed E-state index contributed by atoms with van der Waals surface area (Å²) < 4.78 is 32.5. The monoisotopic (exact) mass is 1200 g/mol. The number of aromatic nitrogens is 4. The van der Waals surface area contributed by atoms with Crippen molar-refractivity contribution in [1.29, 1.82) is 0 Å². The molecule has 3 aromatic heterocycles. The molecule has 0 amide bonds. The third kappa shape index (κ3) is 9.20. The van der Waals surface area contributed by atoms with Crippen molar-refractivity contribution >= 4 is 75.1 Å². The topological polar surface area (TPSA) is 35.6 Å². The molecule has 13 rings (SSSR count). The molecule has 0 spiro atoms. The van der Waals surface area contributed by atoms with Crippen LogP contribution in [0, 0.1) is 19.0 Å². The van der Waals surface area contributed by atoms with Gasteiger partial charge in [-0.3, -0.25) is 9.97 Å². The standard InChI is InChI=1S/C46H37N2S.C25H25N2.Ir/c1-27(2)36-24-33(30-13-7-6-8-14-30)25-37(28(3)4)44(36)48-41-18-12-11-17-40(41)47-46(48)35-22-19-29(5)43-39-23-32-21-20-31-15-9-10-16-34(31)38(32)26-42(39)49-45(35)43;1-17(2)20-13-10-14-21(18(3)4)24(20)27-23-16-9-8-15-22(23)26-25(27)19-11-6-5-7-12-19;/h6-21,23-28H,1-5H3;5-11,13-18H,1-4H3;/q2*-1;/i5D3;;. The minimum Gasteiger partial charge on any atom is -0.333 e. The van der Waals surface area contributed by atoms with Crippen LogP contribution in [0.25, 0.3) is 109 Å². The molecule has 383 valence electrons. The molecule has 0 N–H and O–H groups in total. The Labute approximate surface area is 474 Å². The van der Waals surface area contributed by atoms with E-state index in [0.29, 0.717) is 17.4 Å². The maximum atomic E-state index is 8.62. The molecule has 0 aliphatic rings. The number of benzene rings is 10. The average molecular weight is 1200 g/mol. The Kier molecular flexibility index (Phi) is 13.2. The number of nitrogens with zero attached hydrogens (tertiary/aromatic N) is 4. The van der Waals surface area contributed by atoms with Gasteiger partial charge in [0.15, 0.2) is 0 Å². The van der Waals surface area contributed by atoms with E-state index in [2.05, 4.69) is 234 Å². The van der Waals surface area contributed by atoms with Gasteiger partial charge in [0.05, 0.1) is 33.7 Å². The average Bonchev–Trinajstić information content (AvgIpc) is 4.19. The fourth-order valence-corrected chi connectivity index (χ4v) is 12.5. The summed E-state index contributed by atoms with van der Waals surface area (Å²) in [5.41, 5.74) is 16.1. The number of hydrogen-bond acceptors (Lipinski definition) is 3. The summed E-state index contributed by atoms with van der Waals surface area (Å²) in [5, 5.41) is 6.32. The van der Waals surface area contributed by atoms with Crippen molar-refractivity contribution in [3.05, 3.63) is 228 Å².